The molecule has 0 spiro atoms. The Morgan fingerprint density at radius 2 is 1.61 bits per heavy atom. The average Bonchev–Trinajstić information content (AvgIpc) is 2.28. The number of piperazine rings is 1. The normalized spacial score (nSPS) is 15.9. The molecule has 2 rings (SSSR count). The molecule has 1 aliphatic rings. The minimum absolute atomic E-state index is 0.190. The van der Waals surface area contributed by atoms with Crippen molar-refractivity contribution in [3.63, 3.8) is 0 Å². The zero-order valence-corrected chi connectivity index (χ0v) is 9.44. The minimum atomic E-state index is -1.04. The highest BCUT2D eigenvalue weighted by molar-refractivity contribution is 5.65. The third-order valence-corrected chi connectivity index (χ3v) is 2.87. The predicted octanol–water partition coefficient (Wildman–Crippen LogP) is 1.47. The van der Waals surface area contributed by atoms with E-state index in [-0.39, 0.29) is 31.9 Å². The summed E-state index contributed by atoms with van der Waals surface area (Å²) in [6, 6.07) is 1.67. The van der Waals surface area contributed by atoms with Gasteiger partial charge in [-0.1, -0.05) is 0 Å². The molecule has 98 valence electrons. The van der Waals surface area contributed by atoms with Crippen molar-refractivity contribution < 1.29 is 23.8 Å². The van der Waals surface area contributed by atoms with Crippen LogP contribution in [0.1, 0.15) is 0 Å². The molecule has 2 N–H and O–H groups in total. The van der Waals surface area contributed by atoms with Gasteiger partial charge in [0.2, 0.25) is 0 Å². The number of benzene rings is 1. The number of rotatable bonds is 1. The van der Waals surface area contributed by atoms with Crippen molar-refractivity contribution in [3.8, 4) is 5.75 Å². The SMILES string of the molecule is O=C(O)N1CCN(c2c(F)cc(O)cc2F)CC1. The van der Waals surface area contributed by atoms with Gasteiger partial charge in [0.25, 0.3) is 0 Å². The number of amides is 1. The highest BCUT2D eigenvalue weighted by Gasteiger charge is 2.24. The summed E-state index contributed by atoms with van der Waals surface area (Å²) in [6.45, 7) is 0.806. The van der Waals surface area contributed by atoms with Crippen LogP contribution >= 0.6 is 0 Å². The molecule has 18 heavy (non-hydrogen) atoms. The molecule has 0 unspecified atom stereocenters. The van der Waals surface area contributed by atoms with E-state index in [1.54, 1.807) is 0 Å². The van der Waals surface area contributed by atoms with E-state index < -0.39 is 23.5 Å². The van der Waals surface area contributed by atoms with Crippen molar-refractivity contribution in [2.24, 2.45) is 0 Å². The third kappa shape index (κ3) is 2.29. The predicted molar refractivity (Wildman–Crippen MR) is 59.8 cm³/mol. The first-order chi connectivity index (χ1) is 8.49. The molecular formula is C11H12F2N2O3. The lowest BCUT2D eigenvalue weighted by Crippen LogP contribution is -2.48. The van der Waals surface area contributed by atoms with E-state index in [2.05, 4.69) is 0 Å². The molecule has 1 aliphatic heterocycles. The number of halogens is 2. The number of carbonyl (C=O) groups is 1. The van der Waals surface area contributed by atoms with E-state index >= 15 is 0 Å². The minimum Gasteiger partial charge on any atom is -0.508 e. The summed E-state index contributed by atoms with van der Waals surface area (Å²) in [7, 11) is 0. The van der Waals surface area contributed by atoms with Crippen LogP contribution in [0.4, 0.5) is 19.3 Å². The van der Waals surface area contributed by atoms with Gasteiger partial charge < -0.3 is 20.0 Å². The Balaban J connectivity index is 2.17. The number of carboxylic acid groups (broad SMARTS) is 1. The van der Waals surface area contributed by atoms with Crippen molar-refractivity contribution >= 4 is 11.8 Å². The smallest absolute Gasteiger partial charge is 0.407 e. The van der Waals surface area contributed by atoms with Gasteiger partial charge in [-0.3, -0.25) is 0 Å². The maximum Gasteiger partial charge on any atom is 0.407 e. The van der Waals surface area contributed by atoms with Crippen LogP contribution in [0.3, 0.4) is 0 Å². The maximum absolute atomic E-state index is 13.6. The topological polar surface area (TPSA) is 64.0 Å². The number of phenols is 1. The molecule has 1 aromatic rings. The second-order valence-electron chi connectivity index (χ2n) is 4.01. The Hall–Kier alpha value is -2.05. The van der Waals surface area contributed by atoms with Crippen LogP contribution in [-0.4, -0.2) is 47.4 Å². The van der Waals surface area contributed by atoms with Crippen molar-refractivity contribution in [1.82, 2.24) is 4.90 Å². The summed E-state index contributed by atoms with van der Waals surface area (Å²) < 4.78 is 27.2. The Labute approximate surface area is 102 Å². The lowest BCUT2D eigenvalue weighted by Gasteiger charge is -2.34. The molecule has 1 aromatic carbocycles. The van der Waals surface area contributed by atoms with Gasteiger partial charge in [-0.05, 0) is 0 Å². The Bertz CT molecular complexity index is 450. The molecule has 0 atom stereocenters. The second-order valence-corrected chi connectivity index (χ2v) is 4.01. The lowest BCUT2D eigenvalue weighted by atomic mass is 10.2. The first kappa shape index (κ1) is 12.4. The average molecular weight is 258 g/mol. The van der Waals surface area contributed by atoms with Gasteiger partial charge in [0.05, 0.1) is 0 Å². The van der Waals surface area contributed by atoms with Crippen LogP contribution in [-0.2, 0) is 0 Å². The van der Waals surface area contributed by atoms with Crippen molar-refractivity contribution in [3.05, 3.63) is 23.8 Å². The molecule has 0 bridgehead atoms. The summed E-state index contributed by atoms with van der Waals surface area (Å²) in [4.78, 5) is 13.3. The molecule has 0 aliphatic carbocycles. The molecule has 1 saturated heterocycles. The van der Waals surface area contributed by atoms with Crippen LogP contribution < -0.4 is 4.90 Å². The van der Waals surface area contributed by atoms with Crippen molar-refractivity contribution in [2.75, 3.05) is 31.1 Å². The zero-order chi connectivity index (χ0) is 13.3. The fraction of sp³-hybridized carbons (Fsp3) is 0.364. The van der Waals surface area contributed by atoms with Crippen LogP contribution in [0.2, 0.25) is 0 Å². The first-order valence-electron chi connectivity index (χ1n) is 5.40. The lowest BCUT2D eigenvalue weighted by molar-refractivity contribution is 0.142. The molecule has 0 aromatic heterocycles. The molecule has 1 amide bonds. The summed E-state index contributed by atoms with van der Waals surface area (Å²) >= 11 is 0. The van der Waals surface area contributed by atoms with Crippen molar-refractivity contribution in [1.29, 1.82) is 0 Å². The zero-order valence-electron chi connectivity index (χ0n) is 9.44. The number of hydrogen-bond donors (Lipinski definition) is 2. The Kier molecular flexibility index (Phi) is 3.22. The highest BCUT2D eigenvalue weighted by Crippen LogP contribution is 2.28. The molecule has 5 nitrogen and oxygen atoms in total. The Morgan fingerprint density at radius 3 is 2.06 bits per heavy atom. The standard InChI is InChI=1S/C11H12F2N2O3/c12-8-5-7(16)6-9(13)10(8)14-1-3-15(4-2-14)11(17)18/h5-6,16H,1-4H2,(H,17,18). The van der Waals surface area contributed by atoms with Crippen LogP contribution in [0.25, 0.3) is 0 Å². The molecular weight excluding hydrogens is 246 g/mol. The molecule has 0 radical (unpaired) electrons. The van der Waals surface area contributed by atoms with E-state index in [0.29, 0.717) is 0 Å². The summed E-state index contributed by atoms with van der Waals surface area (Å²) in [6.07, 6.45) is -1.04. The molecule has 7 heteroatoms. The van der Waals surface area contributed by atoms with Gasteiger partial charge in [-0.2, -0.15) is 0 Å². The van der Waals surface area contributed by atoms with E-state index in [0.717, 1.165) is 12.1 Å². The largest absolute Gasteiger partial charge is 0.508 e. The molecule has 0 saturated carbocycles. The number of anilines is 1. The van der Waals surface area contributed by atoms with Gasteiger partial charge in [-0.15, -0.1) is 0 Å². The highest BCUT2D eigenvalue weighted by atomic mass is 19.1. The van der Waals surface area contributed by atoms with Crippen LogP contribution in [0.5, 0.6) is 5.75 Å². The van der Waals surface area contributed by atoms with Crippen molar-refractivity contribution in [2.45, 2.75) is 0 Å². The number of phenolic OH excluding ortho intramolecular Hbond substituents is 1. The first-order valence-corrected chi connectivity index (χ1v) is 5.40. The molecule has 1 heterocycles. The Morgan fingerprint density at radius 1 is 1.11 bits per heavy atom. The van der Waals surface area contributed by atoms with Gasteiger partial charge in [0, 0.05) is 38.3 Å². The number of aromatic hydroxyl groups is 1. The number of nitrogens with zero attached hydrogens (tertiary/aromatic N) is 2. The third-order valence-electron chi connectivity index (χ3n) is 2.87. The summed E-state index contributed by atoms with van der Waals surface area (Å²) in [5.41, 5.74) is -0.224. The summed E-state index contributed by atoms with van der Waals surface area (Å²) in [5, 5.41) is 17.8. The van der Waals surface area contributed by atoms with Crippen LogP contribution in [0.15, 0.2) is 12.1 Å². The summed E-state index contributed by atoms with van der Waals surface area (Å²) in [5.74, 6) is -2.18. The number of hydrogen-bond acceptors (Lipinski definition) is 3. The van der Waals surface area contributed by atoms with Gasteiger partial charge >= 0.3 is 6.09 Å². The fourth-order valence-corrected chi connectivity index (χ4v) is 1.98. The van der Waals surface area contributed by atoms with E-state index in [1.165, 1.54) is 9.80 Å². The maximum atomic E-state index is 13.6. The fourth-order valence-electron chi connectivity index (χ4n) is 1.98. The van der Waals surface area contributed by atoms with E-state index in [4.69, 9.17) is 10.2 Å². The second kappa shape index (κ2) is 4.67. The quantitative estimate of drug-likeness (QED) is 0.800. The van der Waals surface area contributed by atoms with Gasteiger partial charge in [0.15, 0.2) is 11.6 Å². The van der Waals surface area contributed by atoms with Gasteiger partial charge in [-0.25, -0.2) is 13.6 Å². The van der Waals surface area contributed by atoms with Crippen LogP contribution in [0, 0.1) is 11.6 Å². The van der Waals surface area contributed by atoms with E-state index in [1.807, 2.05) is 0 Å². The monoisotopic (exact) mass is 258 g/mol. The van der Waals surface area contributed by atoms with E-state index in [9.17, 15) is 13.6 Å². The van der Waals surface area contributed by atoms with Gasteiger partial charge in [0.1, 0.15) is 11.4 Å². The molecule has 1 fully saturated rings.